The second kappa shape index (κ2) is 5.85. The third-order valence-corrected chi connectivity index (χ3v) is 3.51. The van der Waals surface area contributed by atoms with Crippen molar-refractivity contribution in [3.05, 3.63) is 23.9 Å². The van der Waals surface area contributed by atoms with E-state index in [1.54, 1.807) is 19.2 Å². The molecule has 1 aliphatic carbocycles. The van der Waals surface area contributed by atoms with Gasteiger partial charge < -0.3 is 10.1 Å². The van der Waals surface area contributed by atoms with Gasteiger partial charge in [0.15, 0.2) is 0 Å². The maximum Gasteiger partial charge on any atom is 0.339 e. The zero-order valence-electron chi connectivity index (χ0n) is 11.0. The normalized spacial score (nSPS) is 16.8. The fraction of sp³-hybridized carbons (Fsp3) is 0.571. The second-order valence-corrected chi connectivity index (χ2v) is 4.78. The molecule has 18 heavy (non-hydrogen) atoms. The summed E-state index contributed by atoms with van der Waals surface area (Å²) in [6.07, 6.45) is 5.50. The number of nitrogens with zero attached hydrogens (tertiary/aromatic N) is 1. The van der Waals surface area contributed by atoms with E-state index in [1.807, 2.05) is 6.07 Å². The van der Waals surface area contributed by atoms with Crippen LogP contribution in [0, 0.1) is 5.92 Å². The lowest BCUT2D eigenvalue weighted by molar-refractivity contribution is 0.0526. The molecule has 0 aromatic carbocycles. The number of anilines is 1. The summed E-state index contributed by atoms with van der Waals surface area (Å²) in [6.45, 7) is 4.36. The minimum Gasteiger partial charge on any atom is -0.462 e. The summed E-state index contributed by atoms with van der Waals surface area (Å²) >= 11 is 0. The molecule has 1 aromatic rings. The minimum atomic E-state index is -0.316. The van der Waals surface area contributed by atoms with Crippen LogP contribution in [0.5, 0.6) is 0 Å². The first kappa shape index (κ1) is 12.9. The average molecular weight is 248 g/mol. The molecule has 1 N–H and O–H groups in total. The van der Waals surface area contributed by atoms with E-state index in [9.17, 15) is 4.79 Å². The predicted octanol–water partition coefficient (Wildman–Crippen LogP) is 2.86. The maximum absolute atomic E-state index is 11.5. The quantitative estimate of drug-likeness (QED) is 0.814. The fourth-order valence-corrected chi connectivity index (χ4v) is 2.11. The largest absolute Gasteiger partial charge is 0.462 e. The Balaban J connectivity index is 1.92. The Morgan fingerprint density at radius 2 is 2.33 bits per heavy atom. The summed E-state index contributed by atoms with van der Waals surface area (Å²) in [5.41, 5.74) is 0.499. The molecule has 0 bridgehead atoms. The number of carbonyl (C=O) groups is 1. The molecule has 4 nitrogen and oxygen atoms in total. The number of pyridine rings is 1. The molecule has 1 unspecified atom stereocenters. The van der Waals surface area contributed by atoms with E-state index in [4.69, 9.17) is 4.74 Å². The van der Waals surface area contributed by atoms with Gasteiger partial charge in [0.25, 0.3) is 0 Å². The monoisotopic (exact) mass is 248 g/mol. The number of esters is 1. The highest BCUT2D eigenvalue weighted by atomic mass is 16.5. The Kier molecular flexibility index (Phi) is 4.18. The number of rotatable bonds is 5. The van der Waals surface area contributed by atoms with E-state index in [2.05, 4.69) is 17.2 Å². The van der Waals surface area contributed by atoms with E-state index in [0.29, 0.717) is 18.2 Å². The van der Waals surface area contributed by atoms with Gasteiger partial charge in [0.1, 0.15) is 5.82 Å². The van der Waals surface area contributed by atoms with Crippen molar-refractivity contribution in [1.29, 1.82) is 0 Å². The van der Waals surface area contributed by atoms with Crippen molar-refractivity contribution in [2.45, 2.75) is 39.2 Å². The average Bonchev–Trinajstić information content (AvgIpc) is 2.27. The maximum atomic E-state index is 11.5. The summed E-state index contributed by atoms with van der Waals surface area (Å²) in [5.74, 6) is 1.27. The first-order chi connectivity index (χ1) is 8.70. The lowest BCUT2D eigenvalue weighted by atomic mass is 9.80. The number of hydrogen-bond donors (Lipinski definition) is 1. The molecular formula is C14H20N2O2. The van der Waals surface area contributed by atoms with Crippen LogP contribution in [-0.4, -0.2) is 23.6 Å². The number of nitrogens with one attached hydrogen (secondary N) is 1. The summed E-state index contributed by atoms with van der Waals surface area (Å²) in [4.78, 5) is 15.7. The molecule has 1 saturated carbocycles. The molecule has 1 atom stereocenters. The zero-order valence-corrected chi connectivity index (χ0v) is 11.0. The third-order valence-electron chi connectivity index (χ3n) is 3.51. The highest BCUT2D eigenvalue weighted by Gasteiger charge is 2.23. The van der Waals surface area contributed by atoms with Crippen molar-refractivity contribution in [3.8, 4) is 0 Å². The predicted molar refractivity (Wildman–Crippen MR) is 70.6 cm³/mol. The topological polar surface area (TPSA) is 51.2 Å². The van der Waals surface area contributed by atoms with Gasteiger partial charge in [0.05, 0.1) is 12.2 Å². The molecule has 0 aliphatic heterocycles. The van der Waals surface area contributed by atoms with Gasteiger partial charge in [0, 0.05) is 12.2 Å². The van der Waals surface area contributed by atoms with Gasteiger partial charge in [0.2, 0.25) is 0 Å². The van der Waals surface area contributed by atoms with Crippen LogP contribution in [-0.2, 0) is 4.74 Å². The molecule has 4 heteroatoms. The highest BCUT2D eigenvalue weighted by Crippen LogP contribution is 2.30. The Morgan fingerprint density at radius 1 is 1.56 bits per heavy atom. The highest BCUT2D eigenvalue weighted by molar-refractivity contribution is 5.89. The van der Waals surface area contributed by atoms with Crippen molar-refractivity contribution in [3.63, 3.8) is 0 Å². The molecule has 0 saturated heterocycles. The van der Waals surface area contributed by atoms with Gasteiger partial charge in [-0.15, -0.1) is 0 Å². The van der Waals surface area contributed by atoms with E-state index in [0.717, 1.165) is 11.7 Å². The Bertz CT molecular complexity index is 399. The summed E-state index contributed by atoms with van der Waals surface area (Å²) in [7, 11) is 0. The first-order valence-electron chi connectivity index (χ1n) is 6.60. The minimum absolute atomic E-state index is 0.316. The molecule has 1 heterocycles. The van der Waals surface area contributed by atoms with Crippen LogP contribution < -0.4 is 5.32 Å². The molecule has 98 valence electrons. The van der Waals surface area contributed by atoms with E-state index < -0.39 is 0 Å². The van der Waals surface area contributed by atoms with Crippen LogP contribution in [0.3, 0.4) is 0 Å². The number of ether oxygens (including phenoxy) is 1. The molecule has 1 fully saturated rings. The third kappa shape index (κ3) is 3.00. The Hall–Kier alpha value is -1.58. The Labute approximate surface area is 108 Å². The van der Waals surface area contributed by atoms with E-state index >= 15 is 0 Å². The molecule has 1 aliphatic rings. The van der Waals surface area contributed by atoms with Gasteiger partial charge in [-0.1, -0.05) is 6.42 Å². The number of aromatic nitrogens is 1. The van der Waals surface area contributed by atoms with Gasteiger partial charge >= 0.3 is 5.97 Å². The standard InChI is InChI=1S/C14H20N2O2/c1-3-18-14(17)12-7-8-13(15-9-12)16-10(2)11-5-4-6-11/h7-11H,3-6H2,1-2H3,(H,15,16). The molecule has 0 amide bonds. The van der Waals surface area contributed by atoms with Crippen molar-refractivity contribution in [1.82, 2.24) is 4.98 Å². The van der Waals surface area contributed by atoms with Gasteiger partial charge in [-0.25, -0.2) is 9.78 Å². The molecular weight excluding hydrogens is 228 g/mol. The van der Waals surface area contributed by atoms with Crippen LogP contribution in [0.25, 0.3) is 0 Å². The molecule has 1 aromatic heterocycles. The van der Waals surface area contributed by atoms with Crippen molar-refractivity contribution in [2.24, 2.45) is 5.92 Å². The SMILES string of the molecule is CCOC(=O)c1ccc(NC(C)C2CCC2)nc1. The van der Waals surface area contributed by atoms with E-state index in [-0.39, 0.29) is 5.97 Å². The fourth-order valence-electron chi connectivity index (χ4n) is 2.11. The van der Waals surface area contributed by atoms with Crippen LogP contribution in [0.2, 0.25) is 0 Å². The van der Waals surface area contributed by atoms with Crippen molar-refractivity contribution in [2.75, 3.05) is 11.9 Å². The number of carbonyl (C=O) groups excluding carboxylic acids is 1. The molecule has 0 radical (unpaired) electrons. The Morgan fingerprint density at radius 3 is 2.83 bits per heavy atom. The smallest absolute Gasteiger partial charge is 0.339 e. The lowest BCUT2D eigenvalue weighted by Gasteiger charge is -2.32. The van der Waals surface area contributed by atoms with Crippen LogP contribution in [0.4, 0.5) is 5.82 Å². The van der Waals surface area contributed by atoms with Gasteiger partial charge in [-0.2, -0.15) is 0 Å². The van der Waals surface area contributed by atoms with Crippen LogP contribution >= 0.6 is 0 Å². The van der Waals surface area contributed by atoms with Crippen molar-refractivity contribution < 1.29 is 9.53 Å². The van der Waals surface area contributed by atoms with Crippen LogP contribution in [0.1, 0.15) is 43.5 Å². The second-order valence-electron chi connectivity index (χ2n) is 4.78. The molecule has 2 rings (SSSR count). The number of hydrogen-bond acceptors (Lipinski definition) is 4. The van der Waals surface area contributed by atoms with E-state index in [1.165, 1.54) is 19.3 Å². The zero-order chi connectivity index (χ0) is 13.0. The molecule has 0 spiro atoms. The van der Waals surface area contributed by atoms with Gasteiger partial charge in [-0.3, -0.25) is 0 Å². The lowest BCUT2D eigenvalue weighted by Crippen LogP contribution is -2.31. The first-order valence-corrected chi connectivity index (χ1v) is 6.60. The summed E-state index contributed by atoms with van der Waals surface area (Å²) in [5, 5.41) is 3.38. The van der Waals surface area contributed by atoms with Crippen LogP contribution in [0.15, 0.2) is 18.3 Å². The summed E-state index contributed by atoms with van der Waals surface area (Å²) in [6, 6.07) is 4.03. The van der Waals surface area contributed by atoms with Crippen molar-refractivity contribution >= 4 is 11.8 Å². The summed E-state index contributed by atoms with van der Waals surface area (Å²) < 4.78 is 4.91. The van der Waals surface area contributed by atoms with Gasteiger partial charge in [-0.05, 0) is 44.7 Å².